The summed E-state index contributed by atoms with van der Waals surface area (Å²) in [7, 11) is 0. The van der Waals surface area contributed by atoms with E-state index in [1.807, 2.05) is 4.90 Å². The third-order valence-electron chi connectivity index (χ3n) is 9.49. The summed E-state index contributed by atoms with van der Waals surface area (Å²) in [4.78, 5) is 15.8. The maximum absolute atomic E-state index is 13.8. The van der Waals surface area contributed by atoms with Crippen LogP contribution in [0.4, 0.5) is 0 Å². The van der Waals surface area contributed by atoms with Gasteiger partial charge in [0.1, 0.15) is 0 Å². The molecule has 5 rings (SSSR count). The molecule has 0 spiro atoms. The topological polar surface area (TPSA) is 91.3 Å². The summed E-state index contributed by atoms with van der Waals surface area (Å²) >= 11 is 0. The first-order chi connectivity index (χ1) is 16.6. The van der Waals surface area contributed by atoms with E-state index in [9.17, 15) is 15.0 Å². The van der Waals surface area contributed by atoms with Crippen molar-refractivity contribution in [2.24, 2.45) is 23.7 Å². The molecule has 5 fully saturated rings. The third kappa shape index (κ3) is 5.80. The molecule has 2 aliphatic heterocycles. The van der Waals surface area contributed by atoms with Crippen LogP contribution in [0, 0.1) is 23.7 Å². The molecule has 0 bridgehead atoms. The standard InChI is InChI=1S/C27H46N2O5/c30-21-13-24(31)26(25(14-21)34-16-18-5-2-1-3-6-18)27(32)29-11-9-19-7-4-8-23(22(19)15-29)28-20-10-12-33-17-20/h18-26,28,30-31H,1-17H2/t19?,20-,21?,22?,23?,24?,25?,26?/m0/s1. The van der Waals surface area contributed by atoms with Gasteiger partial charge >= 0.3 is 0 Å². The van der Waals surface area contributed by atoms with Gasteiger partial charge in [0.25, 0.3) is 0 Å². The lowest BCUT2D eigenvalue weighted by Gasteiger charge is -2.48. The fourth-order valence-electron chi connectivity index (χ4n) is 7.54. The van der Waals surface area contributed by atoms with Gasteiger partial charge in [0.05, 0.1) is 30.8 Å². The normalized spacial score (nSPS) is 41.9. The quantitative estimate of drug-likeness (QED) is 0.543. The zero-order valence-electron chi connectivity index (χ0n) is 20.8. The van der Waals surface area contributed by atoms with E-state index in [0.717, 1.165) is 39.1 Å². The highest BCUT2D eigenvalue weighted by atomic mass is 16.5. The van der Waals surface area contributed by atoms with E-state index in [1.54, 1.807) is 0 Å². The molecule has 8 atom stereocenters. The molecule has 34 heavy (non-hydrogen) atoms. The number of carbonyl (C=O) groups excluding carboxylic acids is 1. The van der Waals surface area contributed by atoms with Gasteiger partial charge in [-0.3, -0.25) is 4.79 Å². The fraction of sp³-hybridized carbons (Fsp3) is 0.963. The molecule has 194 valence electrons. The van der Waals surface area contributed by atoms with Crippen LogP contribution in [-0.2, 0) is 14.3 Å². The van der Waals surface area contributed by atoms with Crippen molar-refractivity contribution in [1.29, 1.82) is 0 Å². The van der Waals surface area contributed by atoms with E-state index in [0.29, 0.717) is 42.9 Å². The molecule has 5 aliphatic rings. The van der Waals surface area contributed by atoms with Crippen LogP contribution in [0.15, 0.2) is 0 Å². The Labute approximate surface area is 204 Å². The van der Waals surface area contributed by atoms with Crippen molar-refractivity contribution >= 4 is 5.91 Å². The highest BCUT2D eigenvalue weighted by Gasteiger charge is 2.46. The van der Waals surface area contributed by atoms with Crippen LogP contribution >= 0.6 is 0 Å². The van der Waals surface area contributed by atoms with E-state index in [2.05, 4.69) is 5.32 Å². The second-order valence-electron chi connectivity index (χ2n) is 11.9. The second-order valence-corrected chi connectivity index (χ2v) is 11.9. The number of fused-ring (bicyclic) bond motifs is 1. The molecular weight excluding hydrogens is 432 g/mol. The number of hydrogen-bond donors (Lipinski definition) is 3. The van der Waals surface area contributed by atoms with Gasteiger partial charge in [-0.05, 0) is 56.3 Å². The second kappa shape index (κ2) is 11.5. The van der Waals surface area contributed by atoms with Gasteiger partial charge in [-0.1, -0.05) is 25.7 Å². The Bertz CT molecular complexity index is 665. The Kier molecular flexibility index (Phi) is 8.47. The highest BCUT2D eigenvalue weighted by molar-refractivity contribution is 5.80. The van der Waals surface area contributed by atoms with E-state index in [4.69, 9.17) is 9.47 Å². The van der Waals surface area contributed by atoms with Crippen molar-refractivity contribution in [3.8, 4) is 0 Å². The predicted octanol–water partition coefficient (Wildman–Crippen LogP) is 2.48. The number of likely N-dealkylation sites (tertiary alicyclic amines) is 1. The van der Waals surface area contributed by atoms with Gasteiger partial charge < -0.3 is 29.9 Å². The summed E-state index contributed by atoms with van der Waals surface area (Å²) in [5.74, 6) is 1.18. The lowest BCUT2D eigenvalue weighted by atomic mass is 9.71. The van der Waals surface area contributed by atoms with Gasteiger partial charge in [-0.25, -0.2) is 0 Å². The summed E-state index contributed by atoms with van der Waals surface area (Å²) in [6.45, 7) is 3.84. The molecule has 2 heterocycles. The zero-order chi connectivity index (χ0) is 23.5. The van der Waals surface area contributed by atoms with Crippen molar-refractivity contribution in [3.63, 3.8) is 0 Å². The minimum Gasteiger partial charge on any atom is -0.393 e. The number of amides is 1. The minimum atomic E-state index is -0.832. The number of rotatable bonds is 6. The first-order valence-corrected chi connectivity index (χ1v) is 14.2. The first kappa shape index (κ1) is 24.9. The number of nitrogens with zero attached hydrogens (tertiary/aromatic N) is 1. The molecule has 7 heteroatoms. The van der Waals surface area contributed by atoms with Crippen LogP contribution in [0.1, 0.15) is 77.0 Å². The van der Waals surface area contributed by atoms with Crippen molar-refractivity contribution in [3.05, 3.63) is 0 Å². The Morgan fingerprint density at radius 1 is 1.00 bits per heavy atom. The number of hydrogen-bond acceptors (Lipinski definition) is 6. The molecule has 0 aromatic heterocycles. The lowest BCUT2D eigenvalue weighted by molar-refractivity contribution is -0.162. The first-order valence-electron chi connectivity index (χ1n) is 14.2. The molecule has 0 aromatic carbocycles. The molecule has 7 nitrogen and oxygen atoms in total. The molecule has 3 N–H and O–H groups in total. The van der Waals surface area contributed by atoms with E-state index >= 15 is 0 Å². The summed E-state index contributed by atoms with van der Waals surface area (Å²) in [5, 5.41) is 25.1. The number of aliphatic hydroxyl groups excluding tert-OH is 2. The maximum atomic E-state index is 13.8. The van der Waals surface area contributed by atoms with Crippen molar-refractivity contribution < 1.29 is 24.5 Å². The minimum absolute atomic E-state index is 0.0417. The molecular formula is C27H46N2O5. The molecule has 3 aliphatic carbocycles. The summed E-state index contributed by atoms with van der Waals surface area (Å²) in [6.07, 6.45) is 10.9. The van der Waals surface area contributed by atoms with Gasteiger partial charge in [0.2, 0.25) is 5.91 Å². The van der Waals surface area contributed by atoms with E-state index < -0.39 is 18.1 Å². The highest BCUT2D eigenvalue weighted by Crippen LogP contribution is 2.39. The molecule has 1 amide bonds. The SMILES string of the molecule is O=C(C1C(O)CC(O)CC1OCC1CCCCC1)N1CCC2CCCC(N[C@H]3CCOC3)C2C1. The molecule has 7 unspecified atom stereocenters. The van der Waals surface area contributed by atoms with Crippen LogP contribution < -0.4 is 5.32 Å². The zero-order valence-corrected chi connectivity index (χ0v) is 20.8. The number of nitrogens with one attached hydrogen (secondary N) is 1. The van der Waals surface area contributed by atoms with Crippen LogP contribution in [0.3, 0.4) is 0 Å². The van der Waals surface area contributed by atoms with Gasteiger partial charge in [0, 0.05) is 51.2 Å². The number of piperidine rings is 1. The summed E-state index contributed by atoms with van der Waals surface area (Å²) < 4.78 is 11.9. The smallest absolute Gasteiger partial charge is 0.230 e. The number of aliphatic hydroxyl groups is 2. The maximum Gasteiger partial charge on any atom is 0.230 e. The van der Waals surface area contributed by atoms with Crippen LogP contribution in [0.2, 0.25) is 0 Å². The van der Waals surface area contributed by atoms with Crippen LogP contribution in [0.5, 0.6) is 0 Å². The van der Waals surface area contributed by atoms with Crippen LogP contribution in [0.25, 0.3) is 0 Å². The average Bonchev–Trinajstić information content (AvgIpc) is 3.36. The van der Waals surface area contributed by atoms with Gasteiger partial charge in [0.15, 0.2) is 0 Å². The van der Waals surface area contributed by atoms with Crippen molar-refractivity contribution in [2.75, 3.05) is 32.9 Å². The molecule has 0 aromatic rings. The lowest BCUT2D eigenvalue weighted by Crippen LogP contribution is -2.58. The van der Waals surface area contributed by atoms with Gasteiger partial charge in [-0.2, -0.15) is 0 Å². The molecule has 3 saturated carbocycles. The molecule has 2 saturated heterocycles. The number of ether oxygens (including phenoxy) is 2. The summed E-state index contributed by atoms with van der Waals surface area (Å²) in [6, 6.07) is 0.881. The van der Waals surface area contributed by atoms with Crippen LogP contribution in [-0.4, -0.2) is 84.3 Å². The monoisotopic (exact) mass is 478 g/mol. The predicted molar refractivity (Wildman–Crippen MR) is 129 cm³/mol. The number of carbonyl (C=O) groups is 1. The van der Waals surface area contributed by atoms with E-state index in [1.165, 1.54) is 51.4 Å². The Morgan fingerprint density at radius 2 is 1.85 bits per heavy atom. The largest absolute Gasteiger partial charge is 0.393 e. The third-order valence-corrected chi connectivity index (χ3v) is 9.49. The molecule has 0 radical (unpaired) electrons. The summed E-state index contributed by atoms with van der Waals surface area (Å²) in [5.41, 5.74) is 0. The Morgan fingerprint density at radius 3 is 2.65 bits per heavy atom. The fourth-order valence-corrected chi connectivity index (χ4v) is 7.54. The van der Waals surface area contributed by atoms with E-state index in [-0.39, 0.29) is 18.4 Å². The van der Waals surface area contributed by atoms with Crippen molar-refractivity contribution in [2.45, 2.75) is 107 Å². The Balaban J connectivity index is 1.23. The van der Waals surface area contributed by atoms with Gasteiger partial charge in [-0.15, -0.1) is 0 Å². The van der Waals surface area contributed by atoms with Crippen molar-refractivity contribution in [1.82, 2.24) is 10.2 Å². The Hall–Kier alpha value is -0.730. The average molecular weight is 479 g/mol.